The first-order valence-electron chi connectivity index (χ1n) is 10.2. The number of anilines is 1. The molecule has 1 heterocycles. The van der Waals surface area contributed by atoms with E-state index in [1.165, 1.54) is 24.0 Å². The van der Waals surface area contributed by atoms with Gasteiger partial charge in [-0.15, -0.1) is 0 Å². The fourth-order valence-corrected chi connectivity index (χ4v) is 4.10. The lowest BCUT2D eigenvalue weighted by Crippen LogP contribution is -2.28. The molecule has 0 saturated heterocycles. The number of ether oxygens (including phenoxy) is 2. The molecule has 2 amide bonds. The van der Waals surface area contributed by atoms with E-state index in [9.17, 15) is 18.0 Å². The number of rotatable bonds is 8. The van der Waals surface area contributed by atoms with E-state index in [1.54, 1.807) is 25.2 Å². The smallest absolute Gasteiger partial charge is 0.240 e. The topological polar surface area (TPSA) is 114 Å². The van der Waals surface area contributed by atoms with Crippen LogP contribution in [0.15, 0.2) is 47.4 Å². The normalized spacial score (nSPS) is 13.2. The first-order valence-corrected chi connectivity index (χ1v) is 11.7. The second kappa shape index (κ2) is 10.5. The van der Waals surface area contributed by atoms with Crippen LogP contribution in [0, 0.1) is 0 Å². The Morgan fingerprint density at radius 2 is 1.78 bits per heavy atom. The Bertz CT molecular complexity index is 1090. The van der Waals surface area contributed by atoms with Crippen LogP contribution in [-0.2, 0) is 26.2 Å². The molecule has 3 rings (SSSR count). The number of carbonyl (C=O) groups excluding carboxylic acids is 2. The van der Waals surface area contributed by atoms with Gasteiger partial charge in [-0.05, 0) is 23.8 Å². The van der Waals surface area contributed by atoms with E-state index in [0.717, 1.165) is 12.0 Å². The van der Waals surface area contributed by atoms with Gasteiger partial charge in [0.25, 0.3) is 0 Å². The highest BCUT2D eigenvalue weighted by Crippen LogP contribution is 2.31. The first-order chi connectivity index (χ1) is 15.3. The Morgan fingerprint density at radius 3 is 2.53 bits per heavy atom. The van der Waals surface area contributed by atoms with Crippen molar-refractivity contribution in [1.29, 1.82) is 0 Å². The molecule has 0 fully saturated rings. The van der Waals surface area contributed by atoms with E-state index in [1.807, 2.05) is 12.1 Å². The second-order valence-corrected chi connectivity index (χ2v) is 9.15. The van der Waals surface area contributed by atoms with E-state index >= 15 is 0 Å². The average molecular weight is 462 g/mol. The van der Waals surface area contributed by atoms with Crippen LogP contribution in [0.3, 0.4) is 0 Å². The summed E-state index contributed by atoms with van der Waals surface area (Å²) in [7, 11) is -2.14. The van der Waals surface area contributed by atoms with E-state index in [4.69, 9.17) is 9.47 Å². The van der Waals surface area contributed by atoms with Crippen molar-refractivity contribution in [1.82, 2.24) is 9.62 Å². The summed E-state index contributed by atoms with van der Waals surface area (Å²) in [5.41, 5.74) is 1.36. The number of amides is 2. The maximum atomic E-state index is 12.6. The molecule has 0 aromatic heterocycles. The van der Waals surface area contributed by atoms with Crippen LogP contribution >= 0.6 is 0 Å². The highest BCUT2D eigenvalue weighted by atomic mass is 32.2. The summed E-state index contributed by atoms with van der Waals surface area (Å²) >= 11 is 0. The molecule has 2 aromatic carbocycles. The molecular weight excluding hydrogens is 434 g/mol. The maximum absolute atomic E-state index is 12.6. The predicted molar refractivity (Wildman–Crippen MR) is 119 cm³/mol. The van der Waals surface area contributed by atoms with Crippen molar-refractivity contribution in [2.75, 3.05) is 32.1 Å². The van der Waals surface area contributed by atoms with Crippen LogP contribution in [0.1, 0.15) is 25.3 Å². The van der Waals surface area contributed by atoms with E-state index in [0.29, 0.717) is 36.9 Å². The van der Waals surface area contributed by atoms with E-state index in [-0.39, 0.29) is 29.7 Å². The molecule has 10 heteroatoms. The zero-order valence-electron chi connectivity index (χ0n) is 18.1. The fourth-order valence-electron chi connectivity index (χ4n) is 3.05. The fraction of sp³-hybridized carbons (Fsp3) is 0.364. The van der Waals surface area contributed by atoms with Gasteiger partial charge in [0.15, 0.2) is 11.5 Å². The van der Waals surface area contributed by atoms with E-state index in [2.05, 4.69) is 10.0 Å². The van der Waals surface area contributed by atoms with Crippen LogP contribution < -0.4 is 19.5 Å². The van der Waals surface area contributed by atoms with Crippen molar-refractivity contribution in [3.63, 3.8) is 0 Å². The number of nitrogens with zero attached hydrogens (tertiary/aromatic N) is 1. The molecule has 2 aromatic rings. The third-order valence-corrected chi connectivity index (χ3v) is 6.37. The number of nitrogens with one attached hydrogen (secondary N) is 2. The Labute approximate surface area is 187 Å². The summed E-state index contributed by atoms with van der Waals surface area (Å²) in [6.07, 6.45) is 0.666. The molecule has 0 unspecified atom stereocenters. The molecule has 0 saturated carbocycles. The molecule has 9 nitrogen and oxygen atoms in total. The number of sulfonamides is 1. The van der Waals surface area contributed by atoms with Gasteiger partial charge in [-0.1, -0.05) is 18.2 Å². The van der Waals surface area contributed by atoms with Gasteiger partial charge in [0.2, 0.25) is 21.8 Å². The summed E-state index contributed by atoms with van der Waals surface area (Å²) in [6, 6.07) is 11.6. The van der Waals surface area contributed by atoms with Crippen molar-refractivity contribution in [2.45, 2.75) is 31.2 Å². The molecule has 2 N–H and O–H groups in total. The van der Waals surface area contributed by atoms with Gasteiger partial charge in [-0.2, -0.15) is 0 Å². The molecule has 1 aliphatic rings. The van der Waals surface area contributed by atoms with Gasteiger partial charge < -0.3 is 19.7 Å². The summed E-state index contributed by atoms with van der Waals surface area (Å²) in [5, 5.41) is 2.78. The summed E-state index contributed by atoms with van der Waals surface area (Å²) in [4.78, 5) is 25.4. The number of para-hydroxylation sites is 1. The van der Waals surface area contributed by atoms with Crippen molar-refractivity contribution in [3.05, 3.63) is 48.0 Å². The van der Waals surface area contributed by atoms with Crippen molar-refractivity contribution in [2.24, 2.45) is 0 Å². The Hall–Kier alpha value is -3.11. The summed E-state index contributed by atoms with van der Waals surface area (Å²) < 4.78 is 38.7. The molecule has 172 valence electrons. The summed E-state index contributed by atoms with van der Waals surface area (Å²) in [5.74, 6) is 0.463. The van der Waals surface area contributed by atoms with E-state index < -0.39 is 10.0 Å². The van der Waals surface area contributed by atoms with Gasteiger partial charge in [0.1, 0.15) is 0 Å². The largest absolute Gasteiger partial charge is 0.490 e. The minimum absolute atomic E-state index is 0.0415. The second-order valence-electron chi connectivity index (χ2n) is 7.39. The zero-order valence-corrected chi connectivity index (χ0v) is 18.9. The minimum Gasteiger partial charge on any atom is -0.490 e. The molecule has 32 heavy (non-hydrogen) atoms. The SMILES string of the molecule is CC(=O)N(C)Cc1ccccc1NC(=O)CCNS(=O)(=O)c1ccc2c(c1)OCCCO2. The van der Waals surface area contributed by atoms with Crippen molar-refractivity contribution in [3.8, 4) is 11.5 Å². The molecule has 0 radical (unpaired) electrons. The number of carbonyl (C=O) groups is 2. The molecule has 1 aliphatic heterocycles. The minimum atomic E-state index is -3.82. The van der Waals surface area contributed by atoms with Crippen molar-refractivity contribution >= 4 is 27.5 Å². The number of hydrogen-bond acceptors (Lipinski definition) is 6. The van der Waals surface area contributed by atoms with Gasteiger partial charge in [-0.25, -0.2) is 13.1 Å². The lowest BCUT2D eigenvalue weighted by atomic mass is 10.1. The number of fused-ring (bicyclic) bond motifs is 1. The Kier molecular flexibility index (Phi) is 7.70. The summed E-state index contributed by atoms with van der Waals surface area (Å²) in [6.45, 7) is 2.71. The zero-order chi connectivity index (χ0) is 23.1. The molecule has 0 aliphatic carbocycles. The third-order valence-electron chi connectivity index (χ3n) is 4.91. The van der Waals surface area contributed by atoms with Gasteiger partial charge in [0.05, 0.1) is 18.1 Å². The lowest BCUT2D eigenvalue weighted by Gasteiger charge is -2.18. The number of hydrogen-bond donors (Lipinski definition) is 2. The first kappa shape index (κ1) is 23.6. The third kappa shape index (κ3) is 6.21. The Morgan fingerprint density at radius 1 is 1.06 bits per heavy atom. The monoisotopic (exact) mass is 461 g/mol. The molecule has 0 spiro atoms. The average Bonchev–Trinajstić information content (AvgIpc) is 2.99. The molecule has 0 atom stereocenters. The molecular formula is C22H27N3O6S. The van der Waals surface area contributed by atoms with Crippen LogP contribution in [0.2, 0.25) is 0 Å². The molecule has 0 bridgehead atoms. The van der Waals surface area contributed by atoms with Gasteiger partial charge in [0, 0.05) is 51.7 Å². The Balaban J connectivity index is 1.57. The van der Waals surface area contributed by atoms with Crippen LogP contribution in [0.25, 0.3) is 0 Å². The quantitative estimate of drug-likeness (QED) is 0.623. The highest BCUT2D eigenvalue weighted by Gasteiger charge is 2.19. The van der Waals surface area contributed by atoms with Crippen LogP contribution in [0.4, 0.5) is 5.69 Å². The predicted octanol–water partition coefficient (Wildman–Crippen LogP) is 2.13. The highest BCUT2D eigenvalue weighted by molar-refractivity contribution is 7.89. The standard InChI is InChI=1S/C22H27N3O6S/c1-16(26)25(2)15-17-6-3-4-7-19(17)24-22(27)10-11-23-32(28,29)18-8-9-20-21(14-18)31-13-5-12-30-20/h3-4,6-9,14,23H,5,10-13,15H2,1-2H3,(H,24,27). The van der Waals surface area contributed by atoms with Gasteiger partial charge in [-0.3, -0.25) is 9.59 Å². The van der Waals surface area contributed by atoms with Crippen molar-refractivity contribution < 1.29 is 27.5 Å². The number of benzene rings is 2. The van der Waals surface area contributed by atoms with Crippen LogP contribution in [-0.4, -0.2) is 51.9 Å². The lowest BCUT2D eigenvalue weighted by molar-refractivity contribution is -0.128. The van der Waals surface area contributed by atoms with Gasteiger partial charge >= 0.3 is 0 Å². The van der Waals surface area contributed by atoms with Crippen LogP contribution in [0.5, 0.6) is 11.5 Å². The maximum Gasteiger partial charge on any atom is 0.240 e.